The molecule has 0 amide bonds. The van der Waals surface area contributed by atoms with Gasteiger partial charge in [-0.15, -0.1) is 0 Å². The van der Waals surface area contributed by atoms with E-state index in [2.05, 4.69) is 22.4 Å². The summed E-state index contributed by atoms with van der Waals surface area (Å²) in [6, 6.07) is 8.23. The summed E-state index contributed by atoms with van der Waals surface area (Å²) >= 11 is 1.60. The maximum Gasteiger partial charge on any atom is 0.0691 e. The molecule has 0 unspecified atom stereocenters. The van der Waals surface area contributed by atoms with Crippen LogP contribution in [0.25, 0.3) is 0 Å². The molecule has 0 atom stereocenters. The van der Waals surface area contributed by atoms with Crippen LogP contribution in [0.2, 0.25) is 0 Å². The molecule has 1 aliphatic rings. The lowest BCUT2D eigenvalue weighted by atomic mass is 10.2. The Labute approximate surface area is 64.1 Å². The van der Waals surface area contributed by atoms with Crippen LogP contribution in [0.3, 0.4) is 0 Å². The lowest BCUT2D eigenvalue weighted by Crippen LogP contribution is -2.26. The molecule has 3 heteroatoms. The quantitative estimate of drug-likeness (QED) is 0.547. The van der Waals surface area contributed by atoms with Crippen LogP contribution in [0.15, 0.2) is 29.2 Å². The molecule has 0 spiro atoms. The molecule has 0 bridgehead atoms. The van der Waals surface area contributed by atoms with Crippen molar-refractivity contribution in [1.29, 1.82) is 0 Å². The van der Waals surface area contributed by atoms with Crippen molar-refractivity contribution >= 4 is 11.9 Å². The average molecular weight is 151 g/mol. The Kier molecular flexibility index (Phi) is 1.63. The number of hydrogen-bond acceptors (Lipinski definition) is 3. The molecular formula is C7H7N2S. The molecule has 0 aliphatic carbocycles. The van der Waals surface area contributed by atoms with Crippen LogP contribution in [0.4, 0.5) is 0 Å². The predicted molar refractivity (Wildman–Crippen MR) is 42.0 cm³/mol. The van der Waals surface area contributed by atoms with Crippen molar-refractivity contribution in [3.8, 4) is 0 Å². The van der Waals surface area contributed by atoms with Gasteiger partial charge in [-0.2, -0.15) is 4.83 Å². The van der Waals surface area contributed by atoms with Crippen LogP contribution in [-0.2, 0) is 0 Å². The Morgan fingerprint density at radius 1 is 1.20 bits per heavy atom. The first-order valence-electron chi connectivity index (χ1n) is 3.06. The minimum absolute atomic E-state index is 1.24. The first kappa shape index (κ1) is 6.22. The van der Waals surface area contributed by atoms with E-state index in [1.54, 1.807) is 11.9 Å². The normalized spacial score (nSPS) is 16.4. The second-order valence-electron chi connectivity index (χ2n) is 2.03. The monoisotopic (exact) mass is 151 g/mol. The van der Waals surface area contributed by atoms with Gasteiger partial charge in [0.15, 0.2) is 0 Å². The van der Waals surface area contributed by atoms with E-state index >= 15 is 0 Å². The minimum atomic E-state index is 1.24. The standard InChI is InChI=1S/C7H7N2S/c1-2-4-7-6(3-1)5-8-9-10-7/h1-5,8-9H. The first-order valence-corrected chi connectivity index (χ1v) is 3.88. The second-order valence-corrected chi connectivity index (χ2v) is 2.88. The molecule has 0 fully saturated rings. The molecule has 10 heavy (non-hydrogen) atoms. The molecule has 1 radical (unpaired) electrons. The highest BCUT2D eigenvalue weighted by Crippen LogP contribution is 2.22. The van der Waals surface area contributed by atoms with Gasteiger partial charge in [-0.3, -0.25) is 0 Å². The van der Waals surface area contributed by atoms with Gasteiger partial charge >= 0.3 is 0 Å². The zero-order chi connectivity index (χ0) is 6.81. The third-order valence-corrected chi connectivity index (χ3v) is 2.18. The van der Waals surface area contributed by atoms with Gasteiger partial charge in [0, 0.05) is 4.90 Å². The lowest BCUT2D eigenvalue weighted by molar-refractivity contribution is 0.794. The molecule has 0 saturated heterocycles. The molecular weight excluding hydrogens is 144 g/mol. The summed E-state index contributed by atoms with van der Waals surface area (Å²) in [6.07, 6.45) is 0. The topological polar surface area (TPSA) is 24.1 Å². The van der Waals surface area contributed by atoms with Crippen LogP contribution >= 0.6 is 11.9 Å². The van der Waals surface area contributed by atoms with Gasteiger partial charge in [0.05, 0.1) is 6.54 Å². The van der Waals surface area contributed by atoms with E-state index in [-0.39, 0.29) is 0 Å². The Hall–Kier alpha value is -0.510. The lowest BCUT2D eigenvalue weighted by Gasteiger charge is -2.15. The zero-order valence-corrected chi connectivity index (χ0v) is 6.11. The van der Waals surface area contributed by atoms with Gasteiger partial charge in [-0.05, 0) is 23.6 Å². The van der Waals surface area contributed by atoms with E-state index in [0.29, 0.717) is 0 Å². The van der Waals surface area contributed by atoms with Gasteiger partial charge in [-0.1, -0.05) is 18.2 Å². The molecule has 1 aromatic carbocycles. The Morgan fingerprint density at radius 2 is 2.10 bits per heavy atom. The summed E-state index contributed by atoms with van der Waals surface area (Å²) in [5, 5.41) is 0. The van der Waals surface area contributed by atoms with E-state index in [4.69, 9.17) is 0 Å². The van der Waals surface area contributed by atoms with Crippen LogP contribution in [0.1, 0.15) is 5.56 Å². The molecule has 2 rings (SSSR count). The van der Waals surface area contributed by atoms with Crippen molar-refractivity contribution in [3.63, 3.8) is 0 Å². The number of hydrogen-bond donors (Lipinski definition) is 2. The number of nitrogens with one attached hydrogen (secondary N) is 2. The van der Waals surface area contributed by atoms with E-state index in [1.807, 2.05) is 18.7 Å². The molecule has 2 nitrogen and oxygen atoms in total. The van der Waals surface area contributed by atoms with Crippen molar-refractivity contribution in [3.05, 3.63) is 36.4 Å². The summed E-state index contributed by atoms with van der Waals surface area (Å²) in [4.78, 5) is 4.22. The van der Waals surface area contributed by atoms with Crippen LogP contribution in [0, 0.1) is 6.54 Å². The molecule has 0 saturated carbocycles. The number of hydrazine groups is 1. The largest absolute Gasteiger partial charge is 0.238 e. The fraction of sp³-hybridized carbons (Fsp3) is 0. The third-order valence-electron chi connectivity index (χ3n) is 1.37. The summed E-state index contributed by atoms with van der Waals surface area (Å²) in [5.41, 5.74) is 4.17. The van der Waals surface area contributed by atoms with E-state index in [1.165, 1.54) is 10.5 Å². The summed E-state index contributed by atoms with van der Waals surface area (Å²) in [7, 11) is 0. The summed E-state index contributed by atoms with van der Waals surface area (Å²) < 4.78 is 0. The van der Waals surface area contributed by atoms with E-state index in [9.17, 15) is 0 Å². The SMILES string of the molecule is [CH]1NNSc2ccccc21. The van der Waals surface area contributed by atoms with Crippen molar-refractivity contribution in [1.82, 2.24) is 10.3 Å². The van der Waals surface area contributed by atoms with Crippen molar-refractivity contribution in [2.45, 2.75) is 4.90 Å². The summed E-state index contributed by atoms with van der Waals surface area (Å²) in [5.74, 6) is 0. The number of benzene rings is 1. The number of fused-ring (bicyclic) bond motifs is 1. The van der Waals surface area contributed by atoms with Crippen molar-refractivity contribution in [2.75, 3.05) is 0 Å². The van der Waals surface area contributed by atoms with E-state index < -0.39 is 0 Å². The van der Waals surface area contributed by atoms with E-state index in [0.717, 1.165) is 0 Å². The van der Waals surface area contributed by atoms with Crippen molar-refractivity contribution in [2.24, 2.45) is 0 Å². The second kappa shape index (κ2) is 2.62. The minimum Gasteiger partial charge on any atom is -0.238 e. The van der Waals surface area contributed by atoms with Crippen LogP contribution < -0.4 is 10.3 Å². The molecule has 51 valence electrons. The molecule has 1 aliphatic heterocycles. The Morgan fingerprint density at radius 3 is 3.00 bits per heavy atom. The fourth-order valence-corrected chi connectivity index (χ4v) is 1.50. The Balaban J connectivity index is 2.41. The third kappa shape index (κ3) is 1.03. The highest BCUT2D eigenvalue weighted by atomic mass is 32.2. The maximum absolute atomic E-state index is 2.95. The zero-order valence-electron chi connectivity index (χ0n) is 5.29. The fourth-order valence-electron chi connectivity index (χ4n) is 0.884. The maximum atomic E-state index is 2.95. The van der Waals surface area contributed by atoms with Crippen LogP contribution in [0.5, 0.6) is 0 Å². The first-order chi connectivity index (χ1) is 4.97. The van der Waals surface area contributed by atoms with Crippen LogP contribution in [-0.4, -0.2) is 0 Å². The smallest absolute Gasteiger partial charge is 0.0691 e. The highest BCUT2D eigenvalue weighted by Gasteiger charge is 2.06. The molecule has 1 heterocycles. The van der Waals surface area contributed by atoms with Gasteiger partial charge in [0.2, 0.25) is 0 Å². The molecule has 1 aromatic rings. The predicted octanol–water partition coefficient (Wildman–Crippen LogP) is 1.31. The average Bonchev–Trinajstić information content (AvgIpc) is 2.05. The molecule has 0 aromatic heterocycles. The number of rotatable bonds is 0. The van der Waals surface area contributed by atoms with Gasteiger partial charge in [0.1, 0.15) is 0 Å². The van der Waals surface area contributed by atoms with Gasteiger partial charge in [0.25, 0.3) is 0 Å². The summed E-state index contributed by atoms with van der Waals surface area (Å²) in [6.45, 7) is 1.95. The van der Waals surface area contributed by atoms with Gasteiger partial charge in [-0.25, -0.2) is 5.43 Å². The van der Waals surface area contributed by atoms with Gasteiger partial charge < -0.3 is 0 Å². The van der Waals surface area contributed by atoms with Crippen molar-refractivity contribution < 1.29 is 0 Å². The molecule has 2 N–H and O–H groups in total. The Bertz CT molecular complexity index is 212. The highest BCUT2D eigenvalue weighted by molar-refractivity contribution is 7.97.